The van der Waals surface area contributed by atoms with Crippen LogP contribution in [0, 0.1) is 0 Å². The number of carboxylic acid groups (broad SMARTS) is 1. The number of hydrogen-bond acceptors (Lipinski definition) is 4. The molecule has 1 N–H and O–H groups in total. The van der Waals surface area contributed by atoms with Gasteiger partial charge in [-0.2, -0.15) is 0 Å². The minimum atomic E-state index is -3.82. The zero-order valence-corrected chi connectivity index (χ0v) is 11.3. The van der Waals surface area contributed by atoms with E-state index in [0.717, 1.165) is 0 Å². The third-order valence-electron chi connectivity index (χ3n) is 2.83. The maximum Gasteiger partial charge on any atom is 0.324 e. The quantitative estimate of drug-likeness (QED) is 0.878. The fraction of sp³-hybridized carbons (Fsp3) is 0.417. The van der Waals surface area contributed by atoms with Gasteiger partial charge in [0.05, 0.1) is 12.9 Å². The van der Waals surface area contributed by atoms with Crippen LogP contribution < -0.4 is 4.74 Å². The highest BCUT2D eigenvalue weighted by Gasteiger charge is 2.42. The largest absolute Gasteiger partial charge is 0.496 e. The minimum absolute atomic E-state index is 0.365. The number of rotatable bonds is 5. The van der Waals surface area contributed by atoms with Crippen LogP contribution in [-0.4, -0.2) is 31.4 Å². The number of hydrogen-bond donors (Lipinski definition) is 1. The Hall–Kier alpha value is -1.56. The Labute approximate surface area is 106 Å². The van der Waals surface area contributed by atoms with Gasteiger partial charge in [-0.3, -0.25) is 4.79 Å². The Balaban J connectivity index is 3.15. The van der Waals surface area contributed by atoms with Crippen LogP contribution in [0.2, 0.25) is 0 Å². The van der Waals surface area contributed by atoms with Crippen LogP contribution in [0.4, 0.5) is 0 Å². The van der Waals surface area contributed by atoms with Gasteiger partial charge in [0, 0.05) is 5.56 Å². The highest BCUT2D eigenvalue weighted by atomic mass is 32.2. The number of benzene rings is 1. The van der Waals surface area contributed by atoms with E-state index in [0.29, 0.717) is 11.3 Å². The summed E-state index contributed by atoms with van der Waals surface area (Å²) < 4.78 is 27.4. The molecular formula is C12H16O5S. The molecule has 0 spiro atoms. The normalized spacial score (nSPS) is 12.2. The molecule has 0 heterocycles. The van der Waals surface area contributed by atoms with Gasteiger partial charge >= 0.3 is 5.97 Å². The second-order valence-electron chi connectivity index (χ2n) is 4.39. The van der Waals surface area contributed by atoms with Crippen molar-refractivity contribution in [3.63, 3.8) is 0 Å². The fourth-order valence-electron chi connectivity index (χ4n) is 1.34. The first-order chi connectivity index (χ1) is 8.22. The summed E-state index contributed by atoms with van der Waals surface area (Å²) in [7, 11) is -2.39. The lowest BCUT2D eigenvalue weighted by Gasteiger charge is -2.20. The van der Waals surface area contributed by atoms with E-state index >= 15 is 0 Å². The number of sulfone groups is 1. The Kier molecular flexibility index (Phi) is 4.01. The zero-order valence-electron chi connectivity index (χ0n) is 10.5. The minimum Gasteiger partial charge on any atom is -0.496 e. The SMILES string of the molecule is COc1ccccc1CS(=O)(=O)C(C)(C)C(=O)O. The van der Waals surface area contributed by atoms with Gasteiger partial charge in [-0.1, -0.05) is 18.2 Å². The predicted octanol–water partition coefficient (Wildman–Crippen LogP) is 1.47. The summed E-state index contributed by atoms with van der Waals surface area (Å²) in [5.74, 6) is -1.30. The summed E-state index contributed by atoms with van der Waals surface area (Å²) in [5, 5.41) is 8.97. The average molecular weight is 272 g/mol. The number of aliphatic carboxylic acids is 1. The van der Waals surface area contributed by atoms with E-state index in [4.69, 9.17) is 9.84 Å². The Morgan fingerprint density at radius 3 is 2.39 bits per heavy atom. The van der Waals surface area contributed by atoms with E-state index in [1.807, 2.05) is 0 Å². The second-order valence-corrected chi connectivity index (χ2v) is 6.93. The molecule has 0 aromatic heterocycles. The van der Waals surface area contributed by atoms with Crippen molar-refractivity contribution in [2.75, 3.05) is 7.11 Å². The topological polar surface area (TPSA) is 80.7 Å². The molecule has 6 heteroatoms. The molecule has 1 aromatic rings. The number of carboxylic acids is 1. The molecule has 0 aliphatic carbocycles. The van der Waals surface area contributed by atoms with Crippen LogP contribution in [-0.2, 0) is 20.4 Å². The highest BCUT2D eigenvalue weighted by molar-refractivity contribution is 7.92. The van der Waals surface area contributed by atoms with Crippen LogP contribution >= 0.6 is 0 Å². The summed E-state index contributed by atoms with van der Waals surface area (Å²) in [5.41, 5.74) is 0.453. The molecule has 5 nitrogen and oxygen atoms in total. The van der Waals surface area contributed by atoms with Gasteiger partial charge < -0.3 is 9.84 Å². The van der Waals surface area contributed by atoms with Crippen molar-refractivity contribution in [2.45, 2.75) is 24.3 Å². The molecule has 0 atom stereocenters. The third kappa shape index (κ3) is 2.64. The summed E-state index contributed by atoms with van der Waals surface area (Å²) >= 11 is 0. The van der Waals surface area contributed by atoms with Crippen LogP contribution in [0.3, 0.4) is 0 Å². The van der Waals surface area contributed by atoms with Crippen LogP contribution in [0.1, 0.15) is 19.4 Å². The van der Waals surface area contributed by atoms with E-state index in [2.05, 4.69) is 0 Å². The van der Waals surface area contributed by atoms with E-state index in [-0.39, 0.29) is 5.75 Å². The molecular weight excluding hydrogens is 256 g/mol. The average Bonchev–Trinajstić information content (AvgIpc) is 2.28. The first kappa shape index (κ1) is 14.5. The summed E-state index contributed by atoms with van der Waals surface area (Å²) in [6, 6.07) is 6.64. The first-order valence-corrected chi connectivity index (χ1v) is 6.95. The molecule has 0 unspecified atom stereocenters. The van der Waals surface area contributed by atoms with Crippen molar-refractivity contribution >= 4 is 15.8 Å². The van der Waals surface area contributed by atoms with Gasteiger partial charge in [-0.25, -0.2) is 8.42 Å². The van der Waals surface area contributed by atoms with Crippen molar-refractivity contribution in [3.8, 4) is 5.75 Å². The first-order valence-electron chi connectivity index (χ1n) is 5.30. The second kappa shape index (κ2) is 4.97. The summed E-state index contributed by atoms with van der Waals surface area (Å²) in [4.78, 5) is 11.0. The molecule has 0 aliphatic rings. The van der Waals surface area contributed by atoms with Crippen LogP contribution in [0.25, 0.3) is 0 Å². The number of para-hydroxylation sites is 1. The summed E-state index contributed by atoms with van der Waals surface area (Å²) in [6.07, 6.45) is 0. The fourth-order valence-corrected chi connectivity index (χ4v) is 2.62. The maximum atomic E-state index is 12.1. The van der Waals surface area contributed by atoms with E-state index < -0.39 is 20.6 Å². The molecule has 18 heavy (non-hydrogen) atoms. The Morgan fingerprint density at radius 1 is 1.33 bits per heavy atom. The van der Waals surface area contributed by atoms with E-state index in [1.54, 1.807) is 24.3 Å². The molecule has 100 valence electrons. The molecule has 1 rings (SSSR count). The monoisotopic (exact) mass is 272 g/mol. The lowest BCUT2D eigenvalue weighted by molar-refractivity contribution is -0.139. The Bertz CT molecular complexity index is 545. The number of ether oxygens (including phenoxy) is 1. The van der Waals surface area contributed by atoms with Gasteiger partial charge in [0.1, 0.15) is 5.75 Å². The lowest BCUT2D eigenvalue weighted by atomic mass is 10.2. The molecule has 0 bridgehead atoms. The lowest BCUT2D eigenvalue weighted by Crippen LogP contribution is -2.41. The molecule has 0 saturated carbocycles. The highest BCUT2D eigenvalue weighted by Crippen LogP contribution is 2.26. The predicted molar refractivity (Wildman–Crippen MR) is 67.3 cm³/mol. The molecule has 0 fully saturated rings. The number of methoxy groups -OCH3 is 1. The van der Waals surface area contributed by atoms with Crippen LogP contribution in [0.15, 0.2) is 24.3 Å². The maximum absolute atomic E-state index is 12.1. The molecule has 0 aliphatic heterocycles. The zero-order chi connectivity index (χ0) is 14.0. The third-order valence-corrected chi connectivity index (χ3v) is 5.25. The van der Waals surface area contributed by atoms with Crippen molar-refractivity contribution in [1.82, 2.24) is 0 Å². The van der Waals surface area contributed by atoms with Gasteiger partial charge in [0.2, 0.25) is 0 Å². The van der Waals surface area contributed by atoms with Crippen molar-refractivity contribution < 1.29 is 23.1 Å². The van der Waals surface area contributed by atoms with Gasteiger partial charge in [0.25, 0.3) is 0 Å². The van der Waals surface area contributed by atoms with Gasteiger partial charge in [0.15, 0.2) is 14.6 Å². The molecule has 0 radical (unpaired) electrons. The number of carbonyl (C=O) groups is 1. The van der Waals surface area contributed by atoms with Crippen molar-refractivity contribution in [3.05, 3.63) is 29.8 Å². The summed E-state index contributed by atoms with van der Waals surface area (Å²) in [6.45, 7) is 2.36. The van der Waals surface area contributed by atoms with E-state index in [9.17, 15) is 13.2 Å². The van der Waals surface area contributed by atoms with Gasteiger partial charge in [-0.15, -0.1) is 0 Å². The molecule has 0 saturated heterocycles. The molecule has 0 amide bonds. The van der Waals surface area contributed by atoms with Crippen molar-refractivity contribution in [1.29, 1.82) is 0 Å². The van der Waals surface area contributed by atoms with Crippen molar-refractivity contribution in [2.24, 2.45) is 0 Å². The van der Waals surface area contributed by atoms with E-state index in [1.165, 1.54) is 21.0 Å². The van der Waals surface area contributed by atoms with Gasteiger partial charge in [-0.05, 0) is 19.9 Å². The molecule has 1 aromatic carbocycles. The smallest absolute Gasteiger partial charge is 0.324 e. The Morgan fingerprint density at radius 2 is 1.89 bits per heavy atom. The van der Waals surface area contributed by atoms with Crippen LogP contribution in [0.5, 0.6) is 5.75 Å². The standard InChI is InChI=1S/C12H16O5S/c1-12(2,11(13)14)18(15,16)8-9-6-4-5-7-10(9)17-3/h4-7H,8H2,1-3H3,(H,13,14).